The number of benzene rings is 2. The van der Waals surface area contributed by atoms with E-state index in [1.807, 2.05) is 6.07 Å². The molecular formula is C15H12N4O4. The molecule has 0 spiro atoms. The van der Waals surface area contributed by atoms with E-state index in [-0.39, 0.29) is 17.3 Å². The third-order valence-electron chi connectivity index (χ3n) is 3.35. The Morgan fingerprint density at radius 3 is 2.91 bits per heavy atom. The van der Waals surface area contributed by atoms with E-state index in [4.69, 9.17) is 4.74 Å². The van der Waals surface area contributed by atoms with E-state index in [1.165, 1.54) is 25.3 Å². The zero-order valence-electron chi connectivity index (χ0n) is 12.1. The molecule has 1 heterocycles. The number of aromatic nitrogens is 2. The first-order valence-corrected chi connectivity index (χ1v) is 6.66. The largest absolute Gasteiger partial charge is 0.490 e. The molecule has 0 unspecified atom stereocenters. The van der Waals surface area contributed by atoms with Crippen LogP contribution < -0.4 is 10.1 Å². The Balaban J connectivity index is 1.93. The van der Waals surface area contributed by atoms with Gasteiger partial charge in [0, 0.05) is 17.1 Å². The fourth-order valence-electron chi connectivity index (χ4n) is 2.27. The summed E-state index contributed by atoms with van der Waals surface area (Å²) in [4.78, 5) is 22.9. The highest BCUT2D eigenvalue weighted by molar-refractivity contribution is 6.11. The lowest BCUT2D eigenvalue weighted by Crippen LogP contribution is -2.12. The van der Waals surface area contributed by atoms with Crippen LogP contribution in [-0.2, 0) is 0 Å². The molecule has 0 atom stereocenters. The summed E-state index contributed by atoms with van der Waals surface area (Å²) in [7, 11) is 1.35. The van der Waals surface area contributed by atoms with Crippen LogP contribution in [0.25, 0.3) is 10.9 Å². The zero-order chi connectivity index (χ0) is 16.4. The number of nitrogens with one attached hydrogen (secondary N) is 2. The summed E-state index contributed by atoms with van der Waals surface area (Å²) in [6, 6.07) is 9.44. The van der Waals surface area contributed by atoms with Gasteiger partial charge in [0.25, 0.3) is 5.91 Å². The molecule has 0 aliphatic heterocycles. The number of para-hydroxylation sites is 1. The summed E-state index contributed by atoms with van der Waals surface area (Å²) >= 11 is 0. The number of anilines is 1. The lowest BCUT2D eigenvalue weighted by molar-refractivity contribution is -0.385. The van der Waals surface area contributed by atoms with Crippen LogP contribution in [0.5, 0.6) is 5.75 Å². The first kappa shape index (κ1) is 14.5. The Morgan fingerprint density at radius 1 is 1.35 bits per heavy atom. The van der Waals surface area contributed by atoms with Gasteiger partial charge < -0.3 is 10.1 Å². The molecule has 0 radical (unpaired) electrons. The van der Waals surface area contributed by atoms with Gasteiger partial charge in [0.1, 0.15) is 0 Å². The summed E-state index contributed by atoms with van der Waals surface area (Å²) in [5.41, 5.74) is 1.09. The number of aromatic amines is 1. The van der Waals surface area contributed by atoms with Gasteiger partial charge >= 0.3 is 5.69 Å². The molecule has 1 aromatic heterocycles. The van der Waals surface area contributed by atoms with Crippen LogP contribution in [0, 0.1) is 10.1 Å². The van der Waals surface area contributed by atoms with Gasteiger partial charge in [0.05, 0.1) is 29.3 Å². The first-order valence-electron chi connectivity index (χ1n) is 6.66. The number of carbonyl (C=O) groups is 1. The monoisotopic (exact) mass is 312 g/mol. The lowest BCUT2D eigenvalue weighted by Gasteiger charge is -2.07. The second kappa shape index (κ2) is 5.76. The number of fused-ring (bicyclic) bond motifs is 1. The summed E-state index contributed by atoms with van der Waals surface area (Å²) in [5, 5.41) is 21.1. The van der Waals surface area contributed by atoms with Gasteiger partial charge in [-0.05, 0) is 18.2 Å². The van der Waals surface area contributed by atoms with Crippen molar-refractivity contribution in [1.29, 1.82) is 0 Å². The molecule has 116 valence electrons. The molecule has 2 N–H and O–H groups in total. The number of nitrogens with zero attached hydrogens (tertiary/aromatic N) is 2. The number of hydrogen-bond acceptors (Lipinski definition) is 5. The van der Waals surface area contributed by atoms with E-state index in [9.17, 15) is 14.9 Å². The number of amides is 1. The van der Waals surface area contributed by atoms with Crippen LogP contribution in [0.15, 0.2) is 42.6 Å². The SMILES string of the molecule is COc1ccc(NC(=O)c2cccc3cn[nH]c23)cc1[N+](=O)[O-]. The number of rotatable bonds is 4. The molecule has 0 saturated heterocycles. The van der Waals surface area contributed by atoms with E-state index >= 15 is 0 Å². The van der Waals surface area contributed by atoms with E-state index < -0.39 is 4.92 Å². The molecule has 8 nitrogen and oxygen atoms in total. The Labute approximate surface area is 130 Å². The Kier molecular flexibility index (Phi) is 3.63. The Hall–Kier alpha value is -3.42. The first-order chi connectivity index (χ1) is 11.1. The molecule has 1 amide bonds. The number of methoxy groups -OCH3 is 1. The molecule has 2 aromatic carbocycles. The molecule has 23 heavy (non-hydrogen) atoms. The van der Waals surface area contributed by atoms with Crippen molar-refractivity contribution in [2.45, 2.75) is 0 Å². The number of hydrogen-bond donors (Lipinski definition) is 2. The number of ether oxygens (including phenoxy) is 1. The second-order valence-electron chi connectivity index (χ2n) is 4.74. The minimum Gasteiger partial charge on any atom is -0.490 e. The van der Waals surface area contributed by atoms with Gasteiger partial charge in [-0.3, -0.25) is 20.0 Å². The van der Waals surface area contributed by atoms with Crippen molar-refractivity contribution in [3.05, 3.63) is 58.3 Å². The molecular weight excluding hydrogens is 300 g/mol. The van der Waals surface area contributed by atoms with Gasteiger partial charge in [0.2, 0.25) is 0 Å². The van der Waals surface area contributed by atoms with Crippen molar-refractivity contribution in [1.82, 2.24) is 10.2 Å². The van der Waals surface area contributed by atoms with E-state index in [0.29, 0.717) is 16.8 Å². The quantitative estimate of drug-likeness (QED) is 0.568. The third kappa shape index (κ3) is 2.69. The molecule has 0 aliphatic rings. The smallest absolute Gasteiger partial charge is 0.312 e. The molecule has 0 saturated carbocycles. The fourth-order valence-corrected chi connectivity index (χ4v) is 2.27. The van der Waals surface area contributed by atoms with Gasteiger partial charge in [-0.1, -0.05) is 12.1 Å². The Bertz CT molecular complexity index is 903. The summed E-state index contributed by atoms with van der Waals surface area (Å²) < 4.78 is 4.93. The number of nitro benzene ring substituents is 1. The summed E-state index contributed by atoms with van der Waals surface area (Å²) in [6.07, 6.45) is 1.62. The molecule has 3 rings (SSSR count). The van der Waals surface area contributed by atoms with Crippen LogP contribution in [0.2, 0.25) is 0 Å². The average molecular weight is 312 g/mol. The van der Waals surface area contributed by atoms with Crippen molar-refractivity contribution >= 4 is 28.2 Å². The van der Waals surface area contributed by atoms with E-state index in [1.54, 1.807) is 18.3 Å². The topological polar surface area (TPSA) is 110 Å². The van der Waals surface area contributed by atoms with Crippen LogP contribution in [0.1, 0.15) is 10.4 Å². The highest BCUT2D eigenvalue weighted by Gasteiger charge is 2.17. The second-order valence-corrected chi connectivity index (χ2v) is 4.74. The van der Waals surface area contributed by atoms with Crippen LogP contribution in [0.4, 0.5) is 11.4 Å². The molecule has 0 bridgehead atoms. The normalized spacial score (nSPS) is 10.5. The van der Waals surface area contributed by atoms with Gasteiger partial charge in [0.15, 0.2) is 5.75 Å². The van der Waals surface area contributed by atoms with Crippen LogP contribution >= 0.6 is 0 Å². The number of H-pyrrole nitrogens is 1. The molecule has 3 aromatic rings. The number of carbonyl (C=O) groups excluding carboxylic acids is 1. The molecule has 0 fully saturated rings. The predicted octanol–water partition coefficient (Wildman–Crippen LogP) is 2.73. The van der Waals surface area contributed by atoms with Crippen molar-refractivity contribution in [2.75, 3.05) is 12.4 Å². The maximum Gasteiger partial charge on any atom is 0.312 e. The number of nitro groups is 1. The minimum absolute atomic E-state index is 0.128. The molecule has 0 aliphatic carbocycles. The lowest BCUT2D eigenvalue weighted by atomic mass is 10.1. The highest BCUT2D eigenvalue weighted by atomic mass is 16.6. The van der Waals surface area contributed by atoms with Crippen molar-refractivity contribution in [2.24, 2.45) is 0 Å². The minimum atomic E-state index is -0.565. The van der Waals surface area contributed by atoms with Gasteiger partial charge in [-0.2, -0.15) is 5.10 Å². The maximum absolute atomic E-state index is 12.4. The van der Waals surface area contributed by atoms with E-state index in [0.717, 1.165) is 5.39 Å². The predicted molar refractivity (Wildman–Crippen MR) is 83.7 cm³/mol. The highest BCUT2D eigenvalue weighted by Crippen LogP contribution is 2.30. The van der Waals surface area contributed by atoms with Crippen LogP contribution in [-0.4, -0.2) is 28.1 Å². The Morgan fingerprint density at radius 2 is 2.17 bits per heavy atom. The van der Waals surface area contributed by atoms with Gasteiger partial charge in [-0.15, -0.1) is 0 Å². The van der Waals surface area contributed by atoms with Crippen molar-refractivity contribution < 1.29 is 14.5 Å². The molecule has 8 heteroatoms. The summed E-state index contributed by atoms with van der Waals surface area (Å²) in [5.74, 6) is -0.261. The fraction of sp³-hybridized carbons (Fsp3) is 0.0667. The van der Waals surface area contributed by atoms with Gasteiger partial charge in [-0.25, -0.2) is 0 Å². The standard InChI is InChI=1S/C15H12N4O4/c1-23-13-6-5-10(7-12(13)19(21)22)17-15(20)11-4-2-3-9-8-16-18-14(9)11/h2-8H,1H3,(H,16,18)(H,17,20). The zero-order valence-corrected chi connectivity index (χ0v) is 12.1. The van der Waals surface area contributed by atoms with E-state index in [2.05, 4.69) is 15.5 Å². The maximum atomic E-state index is 12.4. The average Bonchev–Trinajstić information content (AvgIpc) is 3.03. The van der Waals surface area contributed by atoms with Crippen LogP contribution in [0.3, 0.4) is 0 Å². The van der Waals surface area contributed by atoms with Crippen molar-refractivity contribution in [3.8, 4) is 5.75 Å². The third-order valence-corrected chi connectivity index (χ3v) is 3.35. The van der Waals surface area contributed by atoms with Crippen molar-refractivity contribution in [3.63, 3.8) is 0 Å². The summed E-state index contributed by atoms with van der Waals surface area (Å²) in [6.45, 7) is 0.